The Balaban J connectivity index is 1.84. The van der Waals surface area contributed by atoms with Gasteiger partial charge in [0.25, 0.3) is 0 Å². The van der Waals surface area contributed by atoms with E-state index in [-0.39, 0.29) is 0 Å². The largest absolute Gasteiger partial charge is 0.360 e. The minimum Gasteiger partial charge on any atom is -0.360 e. The van der Waals surface area contributed by atoms with Gasteiger partial charge < -0.3 is 10.3 Å². The molecule has 0 unspecified atom stereocenters. The van der Waals surface area contributed by atoms with Crippen molar-refractivity contribution in [2.24, 2.45) is 11.7 Å². The number of aromatic nitrogens is 1. The van der Waals surface area contributed by atoms with Crippen LogP contribution in [0.4, 0.5) is 0 Å². The predicted molar refractivity (Wildman–Crippen MR) is 62.7 cm³/mol. The third-order valence-corrected chi connectivity index (χ3v) is 3.38. The van der Waals surface area contributed by atoms with E-state index < -0.39 is 0 Å². The molecular formula is C12H21N3O. The first kappa shape index (κ1) is 11.6. The average molecular weight is 223 g/mol. The first-order valence-corrected chi connectivity index (χ1v) is 6.18. The Labute approximate surface area is 96.8 Å². The summed E-state index contributed by atoms with van der Waals surface area (Å²) in [5.41, 5.74) is 6.34. The van der Waals surface area contributed by atoms with Crippen molar-refractivity contribution in [1.29, 1.82) is 0 Å². The lowest BCUT2D eigenvalue weighted by Gasteiger charge is -2.31. The molecule has 2 rings (SSSR count). The quantitative estimate of drug-likeness (QED) is 0.798. The summed E-state index contributed by atoms with van der Waals surface area (Å²) >= 11 is 0. The van der Waals surface area contributed by atoms with E-state index >= 15 is 0 Å². The molecule has 1 saturated carbocycles. The van der Waals surface area contributed by atoms with Gasteiger partial charge in [0.2, 0.25) is 0 Å². The van der Waals surface area contributed by atoms with E-state index in [0.717, 1.165) is 30.5 Å². The summed E-state index contributed by atoms with van der Waals surface area (Å²) in [6.07, 6.45) is 4.18. The van der Waals surface area contributed by atoms with Gasteiger partial charge in [0.1, 0.15) is 0 Å². The van der Waals surface area contributed by atoms with Crippen LogP contribution < -0.4 is 5.73 Å². The topological polar surface area (TPSA) is 55.3 Å². The minimum atomic E-state index is 0.457. The molecule has 1 fully saturated rings. The molecule has 0 spiro atoms. The van der Waals surface area contributed by atoms with Crippen molar-refractivity contribution in [3.05, 3.63) is 17.5 Å². The molecule has 1 aliphatic carbocycles. The third-order valence-electron chi connectivity index (χ3n) is 3.38. The molecular weight excluding hydrogens is 202 g/mol. The Bertz CT molecular complexity index is 320. The van der Waals surface area contributed by atoms with E-state index in [9.17, 15) is 0 Å². The van der Waals surface area contributed by atoms with Gasteiger partial charge in [-0.1, -0.05) is 18.5 Å². The van der Waals surface area contributed by atoms with E-state index in [1.807, 2.05) is 6.07 Å². The second kappa shape index (κ2) is 5.46. The van der Waals surface area contributed by atoms with Crippen LogP contribution in [0, 0.1) is 5.92 Å². The number of nitrogens with zero attached hydrogens (tertiary/aromatic N) is 2. The fourth-order valence-electron chi connectivity index (χ4n) is 2.09. The molecule has 0 radical (unpaired) electrons. The van der Waals surface area contributed by atoms with E-state index in [0.29, 0.717) is 6.54 Å². The fraction of sp³-hybridized carbons (Fsp3) is 0.750. The van der Waals surface area contributed by atoms with Crippen LogP contribution in [-0.4, -0.2) is 23.1 Å². The normalized spacial score (nSPS) is 16.7. The molecule has 4 nitrogen and oxygen atoms in total. The van der Waals surface area contributed by atoms with Crippen molar-refractivity contribution < 1.29 is 4.52 Å². The second-order valence-corrected chi connectivity index (χ2v) is 4.61. The summed E-state index contributed by atoms with van der Waals surface area (Å²) in [6, 6.07) is 1.96. The molecule has 0 aliphatic heterocycles. The summed E-state index contributed by atoms with van der Waals surface area (Å²) in [6.45, 7) is 5.77. The molecule has 1 heterocycles. The highest BCUT2D eigenvalue weighted by atomic mass is 16.5. The predicted octanol–water partition coefficient (Wildman–Crippen LogP) is 1.76. The SMILES string of the molecule is CCN(Cc1cc(CN)no1)CC1CCC1. The lowest BCUT2D eigenvalue weighted by Crippen LogP contribution is -2.31. The van der Waals surface area contributed by atoms with Crippen molar-refractivity contribution in [3.8, 4) is 0 Å². The molecule has 90 valence electrons. The van der Waals surface area contributed by atoms with Crippen LogP contribution in [0.5, 0.6) is 0 Å². The van der Waals surface area contributed by atoms with Gasteiger partial charge in [0.05, 0.1) is 12.2 Å². The van der Waals surface area contributed by atoms with Crippen molar-refractivity contribution in [1.82, 2.24) is 10.1 Å². The zero-order valence-corrected chi connectivity index (χ0v) is 9.98. The van der Waals surface area contributed by atoms with Gasteiger partial charge in [-0.05, 0) is 25.3 Å². The van der Waals surface area contributed by atoms with Crippen molar-refractivity contribution in [3.63, 3.8) is 0 Å². The number of hydrogen-bond donors (Lipinski definition) is 1. The number of rotatable bonds is 6. The van der Waals surface area contributed by atoms with Crippen molar-refractivity contribution in [2.75, 3.05) is 13.1 Å². The highest BCUT2D eigenvalue weighted by molar-refractivity contribution is 5.04. The summed E-state index contributed by atoms with van der Waals surface area (Å²) in [4.78, 5) is 2.42. The van der Waals surface area contributed by atoms with Crippen LogP contribution in [0.25, 0.3) is 0 Å². The van der Waals surface area contributed by atoms with Gasteiger partial charge >= 0.3 is 0 Å². The molecule has 16 heavy (non-hydrogen) atoms. The van der Waals surface area contributed by atoms with Crippen LogP contribution in [0.3, 0.4) is 0 Å². The van der Waals surface area contributed by atoms with E-state index in [2.05, 4.69) is 17.0 Å². The summed E-state index contributed by atoms with van der Waals surface area (Å²) in [5.74, 6) is 1.83. The van der Waals surface area contributed by atoms with Gasteiger partial charge in [0.15, 0.2) is 5.76 Å². The smallest absolute Gasteiger partial charge is 0.151 e. The minimum absolute atomic E-state index is 0.457. The zero-order valence-electron chi connectivity index (χ0n) is 9.98. The molecule has 0 saturated heterocycles. The lowest BCUT2D eigenvalue weighted by molar-refractivity contribution is 0.164. The first-order chi connectivity index (χ1) is 7.81. The Morgan fingerprint density at radius 3 is 2.88 bits per heavy atom. The Kier molecular flexibility index (Phi) is 3.96. The van der Waals surface area contributed by atoms with Gasteiger partial charge in [-0.3, -0.25) is 4.90 Å². The maximum Gasteiger partial charge on any atom is 0.151 e. The molecule has 2 N–H and O–H groups in total. The van der Waals surface area contributed by atoms with Gasteiger partial charge in [-0.25, -0.2) is 0 Å². The zero-order chi connectivity index (χ0) is 11.4. The molecule has 0 aromatic carbocycles. The Hall–Kier alpha value is -0.870. The van der Waals surface area contributed by atoms with Crippen LogP contribution in [0.15, 0.2) is 10.6 Å². The van der Waals surface area contributed by atoms with Crippen LogP contribution in [-0.2, 0) is 13.1 Å². The third kappa shape index (κ3) is 2.83. The molecule has 1 aromatic heterocycles. The first-order valence-electron chi connectivity index (χ1n) is 6.18. The Morgan fingerprint density at radius 2 is 2.38 bits per heavy atom. The number of hydrogen-bond acceptors (Lipinski definition) is 4. The van der Waals surface area contributed by atoms with Crippen LogP contribution in [0.2, 0.25) is 0 Å². The maximum absolute atomic E-state index is 5.50. The molecule has 4 heteroatoms. The highest BCUT2D eigenvalue weighted by Gasteiger charge is 2.20. The molecule has 0 amide bonds. The highest BCUT2D eigenvalue weighted by Crippen LogP contribution is 2.27. The van der Waals surface area contributed by atoms with E-state index in [1.54, 1.807) is 0 Å². The van der Waals surface area contributed by atoms with Crippen LogP contribution in [0.1, 0.15) is 37.6 Å². The van der Waals surface area contributed by atoms with Crippen LogP contribution >= 0.6 is 0 Å². The van der Waals surface area contributed by atoms with Gasteiger partial charge in [-0.15, -0.1) is 0 Å². The fourth-order valence-corrected chi connectivity index (χ4v) is 2.09. The Morgan fingerprint density at radius 1 is 1.56 bits per heavy atom. The molecule has 1 aromatic rings. The van der Waals surface area contributed by atoms with Gasteiger partial charge in [0, 0.05) is 19.2 Å². The monoisotopic (exact) mass is 223 g/mol. The lowest BCUT2D eigenvalue weighted by atomic mass is 9.85. The van der Waals surface area contributed by atoms with Crippen molar-refractivity contribution >= 4 is 0 Å². The van der Waals surface area contributed by atoms with Gasteiger partial charge in [-0.2, -0.15) is 0 Å². The average Bonchev–Trinajstić information content (AvgIpc) is 2.69. The molecule has 1 aliphatic rings. The maximum atomic E-state index is 5.50. The summed E-state index contributed by atoms with van der Waals surface area (Å²) < 4.78 is 5.25. The molecule has 0 bridgehead atoms. The van der Waals surface area contributed by atoms with E-state index in [4.69, 9.17) is 10.3 Å². The molecule has 0 atom stereocenters. The van der Waals surface area contributed by atoms with Crippen molar-refractivity contribution in [2.45, 2.75) is 39.3 Å². The second-order valence-electron chi connectivity index (χ2n) is 4.61. The standard InChI is InChI=1S/C12H21N3O/c1-2-15(8-10-4-3-5-10)9-12-6-11(7-13)14-16-12/h6,10H,2-5,7-9,13H2,1H3. The summed E-state index contributed by atoms with van der Waals surface area (Å²) in [5, 5.41) is 3.91. The van der Waals surface area contributed by atoms with E-state index in [1.165, 1.54) is 25.8 Å². The number of nitrogens with two attached hydrogens (primary N) is 1. The summed E-state index contributed by atoms with van der Waals surface area (Å²) in [7, 11) is 0.